The second-order valence-electron chi connectivity index (χ2n) is 18.5. The minimum absolute atomic E-state index is 0.179. The van der Waals surface area contributed by atoms with Gasteiger partial charge in [0.1, 0.15) is 72.1 Å². The summed E-state index contributed by atoms with van der Waals surface area (Å²) in [5, 5.41) is 7.57. The van der Waals surface area contributed by atoms with E-state index in [0.717, 1.165) is 76.8 Å². The molecule has 1 unspecified atom stereocenters. The molecule has 4 aromatic heterocycles. The van der Waals surface area contributed by atoms with Crippen LogP contribution < -0.4 is 0 Å². The molecule has 16 heteroatoms. The summed E-state index contributed by atoms with van der Waals surface area (Å²) in [4.78, 5) is 49.4. The van der Waals surface area contributed by atoms with E-state index in [-0.39, 0.29) is 23.9 Å². The van der Waals surface area contributed by atoms with Crippen LogP contribution in [0.3, 0.4) is 0 Å². The van der Waals surface area contributed by atoms with E-state index in [0.29, 0.717) is 45.9 Å². The molecule has 0 amide bonds. The van der Waals surface area contributed by atoms with Crippen LogP contribution in [0.15, 0.2) is 70.1 Å². The van der Waals surface area contributed by atoms with Gasteiger partial charge in [-0.25, -0.2) is 19.2 Å². The predicted molar refractivity (Wildman–Crippen MR) is 295 cm³/mol. The number of carbonyl (C=O) groups excluding carboxylic acids is 4. The zero-order valence-electron chi connectivity index (χ0n) is 45.2. The highest BCUT2D eigenvalue weighted by Gasteiger charge is 2.26. The number of likely N-dealkylation sites (N-methyl/N-ethyl adjacent to an activating group) is 4. The zero-order chi connectivity index (χ0) is 52.3. The average molecular weight is 1050 g/mol. The van der Waals surface area contributed by atoms with Crippen LogP contribution in [0.4, 0.5) is 0 Å². The molecule has 4 aromatic rings. The molecule has 0 aliphatic carbocycles. The maximum atomic E-state index is 11.8. The van der Waals surface area contributed by atoms with Crippen LogP contribution in [0.1, 0.15) is 133 Å². The van der Waals surface area contributed by atoms with Crippen LogP contribution >= 0.6 is 45.3 Å². The van der Waals surface area contributed by atoms with Crippen LogP contribution in [0.5, 0.6) is 0 Å². The Morgan fingerprint density at radius 1 is 0.371 bits per heavy atom. The van der Waals surface area contributed by atoms with E-state index in [1.54, 1.807) is 12.1 Å². The lowest BCUT2D eigenvalue weighted by molar-refractivity contribution is -0.926. The van der Waals surface area contributed by atoms with E-state index in [1.807, 2.05) is 57.9 Å². The Morgan fingerprint density at radius 3 is 0.871 bits per heavy atom. The largest absolute Gasteiger partial charge is 0.456 e. The van der Waals surface area contributed by atoms with Crippen LogP contribution in [-0.4, -0.2) is 174 Å². The highest BCUT2D eigenvalue weighted by molar-refractivity contribution is 7.12. The molecule has 12 nitrogen and oxygen atoms in total. The fraction of sp³-hybridized carbons (Fsp3) is 0.630. The first-order valence-electron chi connectivity index (χ1n) is 25.7. The van der Waals surface area contributed by atoms with E-state index in [1.165, 1.54) is 104 Å². The van der Waals surface area contributed by atoms with E-state index in [9.17, 15) is 19.2 Å². The van der Waals surface area contributed by atoms with Gasteiger partial charge in [0.2, 0.25) is 0 Å². The van der Waals surface area contributed by atoms with Crippen LogP contribution in [0, 0.1) is 0 Å². The Bertz CT molecular complexity index is 1900. The molecule has 0 N–H and O–H groups in total. The summed E-state index contributed by atoms with van der Waals surface area (Å²) in [7, 11) is 6.21. The van der Waals surface area contributed by atoms with Crippen LogP contribution in [0.25, 0.3) is 0 Å². The number of rotatable bonds is 30. The number of nitrogens with zero attached hydrogens (tertiary/aromatic N) is 4. The summed E-state index contributed by atoms with van der Waals surface area (Å²) in [5.41, 5.74) is 0. The summed E-state index contributed by atoms with van der Waals surface area (Å²) in [6.07, 6.45) is 5.99. The van der Waals surface area contributed by atoms with Gasteiger partial charge in [-0.15, -0.1) is 45.3 Å². The number of carbonyl (C=O) groups is 4. The standard InChI is InChI=1S/C16H28NO2S.C15H26NO2S.C13H22NO2S.C10H16NO2S/c1-4-7-11-17(6-3,10-5-2)12-13-19-16(18)15-9-8-14-20-15;1-4-9-16(6-3,10-5-2)11-12-18-15(17)14-8-7-13-19-14;1-4-14(5-2,6-3)9-10-16-13(15)12-8-7-11-17-12;1-11(2,3)6-7-13-10(12)9-5-4-8-14-9/h8-9,14H,4-7,10-13H2,1-3H3;7-8,13H,4-6,9-12H2,1-3H3;7-8,11H,4-6,9-10H2,1-3H3;4-5,8H,6-7H2,1-3H3/q4*+1. The van der Waals surface area contributed by atoms with Gasteiger partial charge >= 0.3 is 23.9 Å². The molecule has 4 rings (SSSR count). The topological polar surface area (TPSA) is 105 Å². The van der Waals surface area contributed by atoms with Crippen molar-refractivity contribution in [2.24, 2.45) is 0 Å². The monoisotopic (exact) mass is 1050 g/mol. The summed E-state index contributed by atoms with van der Waals surface area (Å²) in [5.74, 6) is -0.770. The van der Waals surface area contributed by atoms with Crippen molar-refractivity contribution in [2.45, 2.75) is 94.4 Å². The molecule has 0 aliphatic heterocycles. The molecule has 4 heterocycles. The lowest BCUT2D eigenvalue weighted by Gasteiger charge is -2.37. The molecule has 0 radical (unpaired) electrons. The van der Waals surface area contributed by atoms with E-state index in [4.69, 9.17) is 18.9 Å². The molecule has 0 bridgehead atoms. The molecule has 396 valence electrons. The van der Waals surface area contributed by atoms with Gasteiger partial charge in [0.05, 0.1) is 80.0 Å². The van der Waals surface area contributed by atoms with Gasteiger partial charge in [-0.05, 0) is 106 Å². The van der Waals surface area contributed by atoms with E-state index in [2.05, 4.69) is 83.5 Å². The van der Waals surface area contributed by atoms with Gasteiger partial charge in [-0.1, -0.05) is 58.4 Å². The lowest BCUT2D eigenvalue weighted by Crippen LogP contribution is -2.51. The van der Waals surface area contributed by atoms with Crippen molar-refractivity contribution < 1.29 is 56.1 Å². The molecule has 0 saturated heterocycles. The number of hydrogen-bond donors (Lipinski definition) is 0. The fourth-order valence-corrected chi connectivity index (χ4v) is 10.4. The third-order valence-electron chi connectivity index (χ3n) is 12.7. The Kier molecular flexibility index (Phi) is 33.6. The third kappa shape index (κ3) is 25.8. The Morgan fingerprint density at radius 2 is 0.643 bits per heavy atom. The Balaban J connectivity index is 0.000000470. The minimum Gasteiger partial charge on any atom is -0.456 e. The summed E-state index contributed by atoms with van der Waals surface area (Å²) in [6.45, 7) is 35.7. The molecule has 1 atom stereocenters. The Labute approximate surface area is 439 Å². The van der Waals surface area contributed by atoms with Crippen molar-refractivity contribution in [3.05, 3.63) is 89.6 Å². The first kappa shape index (κ1) is 64.5. The van der Waals surface area contributed by atoms with Gasteiger partial charge in [0.25, 0.3) is 0 Å². The van der Waals surface area contributed by atoms with Crippen molar-refractivity contribution in [2.75, 3.05) is 133 Å². The minimum atomic E-state index is -0.214. The van der Waals surface area contributed by atoms with Crippen molar-refractivity contribution >= 4 is 69.2 Å². The van der Waals surface area contributed by atoms with Gasteiger partial charge in [0.15, 0.2) is 0 Å². The molecule has 0 saturated carbocycles. The Hall–Kier alpha value is -3.48. The number of thiophene rings is 4. The van der Waals surface area contributed by atoms with Crippen LogP contribution in [0.2, 0.25) is 0 Å². The van der Waals surface area contributed by atoms with Crippen molar-refractivity contribution in [1.82, 2.24) is 0 Å². The lowest BCUT2D eigenvalue weighted by atomic mass is 10.2. The van der Waals surface area contributed by atoms with Gasteiger partial charge in [-0.2, -0.15) is 0 Å². The van der Waals surface area contributed by atoms with Crippen molar-refractivity contribution in [3.8, 4) is 0 Å². The van der Waals surface area contributed by atoms with Gasteiger partial charge in [-0.3, -0.25) is 0 Å². The molecule has 0 aromatic carbocycles. The maximum Gasteiger partial charge on any atom is 0.348 e. The van der Waals surface area contributed by atoms with Gasteiger partial charge in [0, 0.05) is 0 Å². The quantitative estimate of drug-likeness (QED) is 0.0289. The summed E-state index contributed by atoms with van der Waals surface area (Å²) >= 11 is 5.71. The fourth-order valence-electron chi connectivity index (χ4n) is 7.95. The van der Waals surface area contributed by atoms with E-state index < -0.39 is 0 Å². The highest BCUT2D eigenvalue weighted by atomic mass is 32.1. The number of quaternary nitrogens is 4. The van der Waals surface area contributed by atoms with Crippen molar-refractivity contribution in [1.29, 1.82) is 0 Å². The summed E-state index contributed by atoms with van der Waals surface area (Å²) in [6, 6.07) is 14.7. The zero-order valence-corrected chi connectivity index (χ0v) is 48.4. The number of unbranched alkanes of at least 4 members (excludes halogenated alkanes) is 1. The average Bonchev–Trinajstić information content (AvgIpc) is 4.22. The number of ether oxygens (including phenoxy) is 4. The normalized spacial score (nSPS) is 12.2. The second-order valence-corrected chi connectivity index (χ2v) is 22.3. The smallest absolute Gasteiger partial charge is 0.348 e. The number of esters is 4. The highest BCUT2D eigenvalue weighted by Crippen LogP contribution is 2.16. The predicted octanol–water partition coefficient (Wildman–Crippen LogP) is 11.9. The maximum absolute atomic E-state index is 11.8. The molecular formula is C54H92N4O8S4+4. The first-order valence-corrected chi connectivity index (χ1v) is 29.2. The SMILES string of the molecule is CCCC[N+](CC)(CCC)CCOC(=O)c1cccs1.CCC[N+](CC)(CCC)CCOC(=O)c1cccs1.CC[N+](CC)(CC)CCOC(=O)c1cccs1.C[N+](C)(C)CCOC(=O)c1cccs1. The molecular weight excluding hydrogens is 961 g/mol. The van der Waals surface area contributed by atoms with Crippen molar-refractivity contribution in [3.63, 3.8) is 0 Å². The third-order valence-corrected chi connectivity index (χ3v) is 16.1. The first-order chi connectivity index (χ1) is 33.5. The van der Waals surface area contributed by atoms with E-state index >= 15 is 0 Å². The second kappa shape index (κ2) is 36.4. The van der Waals surface area contributed by atoms with Crippen LogP contribution in [-0.2, 0) is 18.9 Å². The molecule has 0 aliphatic rings. The number of hydrogen-bond acceptors (Lipinski definition) is 12. The molecule has 70 heavy (non-hydrogen) atoms. The van der Waals surface area contributed by atoms with Gasteiger partial charge < -0.3 is 36.9 Å². The summed E-state index contributed by atoms with van der Waals surface area (Å²) < 4.78 is 25.2. The molecule has 0 fully saturated rings. The molecule has 0 spiro atoms.